The maximum Gasteiger partial charge on any atom is 0.155 e. The molecular weight excluding hydrogens is 388 g/mol. The molecule has 3 heterocycles. The van der Waals surface area contributed by atoms with Crippen molar-refractivity contribution in [1.29, 1.82) is 0 Å². The molecule has 1 aliphatic rings. The van der Waals surface area contributed by atoms with Gasteiger partial charge in [-0.25, -0.2) is 4.98 Å². The number of halogens is 1. The zero-order valence-electron chi connectivity index (χ0n) is 16.8. The molecule has 154 valence electrons. The van der Waals surface area contributed by atoms with Crippen molar-refractivity contribution in [2.45, 2.75) is 20.1 Å². The van der Waals surface area contributed by atoms with Crippen LogP contribution in [0.3, 0.4) is 0 Å². The molecule has 2 aromatic heterocycles. The van der Waals surface area contributed by atoms with Gasteiger partial charge in [0.2, 0.25) is 0 Å². The highest BCUT2D eigenvalue weighted by atomic mass is 35.5. The molecule has 1 fully saturated rings. The highest BCUT2D eigenvalue weighted by Gasteiger charge is 2.22. The monoisotopic (exact) mass is 414 g/mol. The van der Waals surface area contributed by atoms with Crippen molar-refractivity contribution >= 4 is 18.2 Å². The largest absolute Gasteiger partial charge is 0.392 e. The highest BCUT2D eigenvalue weighted by molar-refractivity contribution is 5.85. The summed E-state index contributed by atoms with van der Waals surface area (Å²) in [5.41, 5.74) is 5.33. The summed E-state index contributed by atoms with van der Waals surface area (Å²) in [6.45, 7) is 6.89. The number of aryl methyl sites for hydroxylation is 1. The molecular formula is C21H27ClN6O. The second-order valence-electron chi connectivity index (χ2n) is 7.23. The number of rotatable bonds is 5. The number of aromatic nitrogens is 4. The highest BCUT2D eigenvalue weighted by Crippen LogP contribution is 2.28. The Morgan fingerprint density at radius 1 is 1.00 bits per heavy atom. The standard InChI is InChI=1S/C21H26N6O.ClH/c1-16-19(13-24-25(16)2)14-26-9-11-27(12-10-26)21-20(22-7-8-23-21)18-5-3-17(15-28)4-6-18;/h3-8,13,28H,9-12,14-15H2,1-2H3;1H. The first-order chi connectivity index (χ1) is 13.7. The second kappa shape index (κ2) is 9.35. The van der Waals surface area contributed by atoms with E-state index in [0.29, 0.717) is 0 Å². The Balaban J connectivity index is 0.00000240. The summed E-state index contributed by atoms with van der Waals surface area (Å²) in [5.74, 6) is 0.927. The van der Waals surface area contributed by atoms with Gasteiger partial charge in [-0.05, 0) is 12.5 Å². The first-order valence-electron chi connectivity index (χ1n) is 9.61. The molecule has 0 radical (unpaired) electrons. The average molecular weight is 415 g/mol. The van der Waals surface area contributed by atoms with Gasteiger partial charge in [0.25, 0.3) is 0 Å². The Hall–Kier alpha value is -2.48. The van der Waals surface area contributed by atoms with Crippen LogP contribution in [0.2, 0.25) is 0 Å². The van der Waals surface area contributed by atoms with Gasteiger partial charge in [0, 0.05) is 69.0 Å². The Morgan fingerprint density at radius 3 is 2.31 bits per heavy atom. The summed E-state index contributed by atoms with van der Waals surface area (Å²) < 4.78 is 1.93. The number of piperazine rings is 1. The number of hydrogen-bond donors (Lipinski definition) is 1. The lowest BCUT2D eigenvalue weighted by atomic mass is 10.1. The summed E-state index contributed by atoms with van der Waals surface area (Å²) in [6, 6.07) is 7.87. The minimum atomic E-state index is 0. The number of benzene rings is 1. The van der Waals surface area contributed by atoms with Crippen molar-refractivity contribution in [2.24, 2.45) is 7.05 Å². The lowest BCUT2D eigenvalue weighted by molar-refractivity contribution is 0.249. The van der Waals surface area contributed by atoms with E-state index in [1.165, 1.54) is 11.3 Å². The van der Waals surface area contributed by atoms with Gasteiger partial charge >= 0.3 is 0 Å². The van der Waals surface area contributed by atoms with Crippen molar-refractivity contribution < 1.29 is 5.11 Å². The van der Waals surface area contributed by atoms with Gasteiger partial charge in [-0.2, -0.15) is 5.10 Å². The molecule has 0 aliphatic carbocycles. The van der Waals surface area contributed by atoms with Gasteiger partial charge in [0.15, 0.2) is 5.82 Å². The number of hydrogen-bond acceptors (Lipinski definition) is 6. The number of nitrogens with zero attached hydrogens (tertiary/aromatic N) is 6. The molecule has 29 heavy (non-hydrogen) atoms. The third-order valence-corrected chi connectivity index (χ3v) is 5.49. The summed E-state index contributed by atoms with van der Waals surface area (Å²) in [6.07, 6.45) is 5.46. The zero-order chi connectivity index (χ0) is 19.5. The maximum atomic E-state index is 9.26. The van der Waals surface area contributed by atoms with Crippen LogP contribution in [0.25, 0.3) is 11.3 Å². The maximum absolute atomic E-state index is 9.26. The second-order valence-corrected chi connectivity index (χ2v) is 7.23. The summed E-state index contributed by atoms with van der Waals surface area (Å²) in [5, 5.41) is 13.6. The van der Waals surface area contributed by atoms with Crippen LogP contribution in [-0.2, 0) is 20.2 Å². The molecule has 1 aromatic carbocycles. The summed E-state index contributed by atoms with van der Waals surface area (Å²) in [7, 11) is 1.99. The van der Waals surface area contributed by atoms with Crippen molar-refractivity contribution in [3.63, 3.8) is 0 Å². The molecule has 0 spiro atoms. The topological polar surface area (TPSA) is 70.3 Å². The zero-order valence-corrected chi connectivity index (χ0v) is 17.6. The van der Waals surface area contributed by atoms with E-state index in [2.05, 4.69) is 31.8 Å². The lowest BCUT2D eigenvalue weighted by Crippen LogP contribution is -2.46. The fraction of sp³-hybridized carbons (Fsp3) is 0.381. The fourth-order valence-electron chi connectivity index (χ4n) is 3.59. The number of aliphatic hydroxyl groups excluding tert-OH is 1. The Bertz CT molecular complexity index is 935. The van der Waals surface area contributed by atoms with E-state index in [1.54, 1.807) is 12.4 Å². The number of aliphatic hydroxyl groups is 1. The molecule has 1 aliphatic heterocycles. The van der Waals surface area contributed by atoms with E-state index in [1.807, 2.05) is 42.2 Å². The summed E-state index contributed by atoms with van der Waals surface area (Å²) in [4.78, 5) is 14.0. The molecule has 1 N–H and O–H groups in total. The van der Waals surface area contributed by atoms with E-state index in [0.717, 1.165) is 55.4 Å². The van der Waals surface area contributed by atoms with Gasteiger partial charge in [-0.1, -0.05) is 24.3 Å². The van der Waals surface area contributed by atoms with Crippen LogP contribution in [0.5, 0.6) is 0 Å². The average Bonchev–Trinajstić information content (AvgIpc) is 3.06. The quantitative estimate of drug-likeness (QED) is 0.691. The van der Waals surface area contributed by atoms with Gasteiger partial charge in [-0.3, -0.25) is 14.6 Å². The van der Waals surface area contributed by atoms with Crippen LogP contribution >= 0.6 is 12.4 Å². The first kappa shape index (κ1) is 21.2. The molecule has 0 amide bonds. The fourth-order valence-corrected chi connectivity index (χ4v) is 3.59. The number of anilines is 1. The molecule has 0 unspecified atom stereocenters. The van der Waals surface area contributed by atoms with Crippen molar-refractivity contribution in [2.75, 3.05) is 31.1 Å². The van der Waals surface area contributed by atoms with Crippen molar-refractivity contribution in [3.05, 3.63) is 59.7 Å². The third kappa shape index (κ3) is 4.58. The van der Waals surface area contributed by atoms with Crippen LogP contribution in [0.15, 0.2) is 42.9 Å². The van der Waals surface area contributed by atoms with Gasteiger partial charge < -0.3 is 10.0 Å². The Kier molecular flexibility index (Phi) is 6.84. The van der Waals surface area contributed by atoms with Crippen LogP contribution in [0, 0.1) is 6.92 Å². The molecule has 0 saturated carbocycles. The SMILES string of the molecule is Cc1c(CN2CCN(c3nccnc3-c3ccc(CO)cc3)CC2)cnn1C.Cl. The van der Waals surface area contributed by atoms with Crippen molar-refractivity contribution in [3.8, 4) is 11.3 Å². The Labute approximate surface area is 177 Å². The minimum Gasteiger partial charge on any atom is -0.392 e. The van der Waals surface area contributed by atoms with Gasteiger partial charge in [0.05, 0.1) is 12.8 Å². The predicted octanol–water partition coefficient (Wildman–Crippen LogP) is 2.42. The van der Waals surface area contributed by atoms with E-state index < -0.39 is 0 Å². The molecule has 0 bridgehead atoms. The molecule has 3 aromatic rings. The minimum absolute atomic E-state index is 0. The molecule has 4 rings (SSSR count). The van der Waals surface area contributed by atoms with E-state index in [-0.39, 0.29) is 19.0 Å². The third-order valence-electron chi connectivity index (χ3n) is 5.49. The van der Waals surface area contributed by atoms with E-state index >= 15 is 0 Å². The summed E-state index contributed by atoms with van der Waals surface area (Å²) >= 11 is 0. The first-order valence-corrected chi connectivity index (χ1v) is 9.61. The molecule has 8 heteroatoms. The molecule has 1 saturated heterocycles. The van der Waals surface area contributed by atoms with Crippen LogP contribution in [-0.4, -0.2) is 55.9 Å². The predicted molar refractivity (Wildman–Crippen MR) is 116 cm³/mol. The van der Waals surface area contributed by atoms with E-state index in [4.69, 9.17) is 0 Å². The van der Waals surface area contributed by atoms with Crippen LogP contribution in [0.1, 0.15) is 16.8 Å². The Morgan fingerprint density at radius 2 is 1.69 bits per heavy atom. The van der Waals surface area contributed by atoms with Gasteiger partial charge in [-0.15, -0.1) is 12.4 Å². The van der Waals surface area contributed by atoms with Crippen LogP contribution < -0.4 is 4.90 Å². The lowest BCUT2D eigenvalue weighted by Gasteiger charge is -2.35. The smallest absolute Gasteiger partial charge is 0.155 e. The molecule has 0 atom stereocenters. The van der Waals surface area contributed by atoms with Crippen molar-refractivity contribution in [1.82, 2.24) is 24.6 Å². The van der Waals surface area contributed by atoms with Gasteiger partial charge in [0.1, 0.15) is 5.69 Å². The van der Waals surface area contributed by atoms with Crippen LogP contribution in [0.4, 0.5) is 5.82 Å². The normalized spacial score (nSPS) is 14.7. The molecule has 7 nitrogen and oxygen atoms in total. The van der Waals surface area contributed by atoms with E-state index in [9.17, 15) is 5.11 Å².